The standard InChI is InChI=1S/C19H24N4O3/c1-12-10-16(18(20)24)13(2)22-19(12)23-8-6-14(7-9-23)26-15-4-5-17(25-3)21-11-15/h4-5,10-11,14H,6-9H2,1-3H3,(H2,20,24). The summed E-state index contributed by atoms with van der Waals surface area (Å²) in [5.74, 6) is 1.80. The van der Waals surface area contributed by atoms with E-state index in [4.69, 9.17) is 15.2 Å². The summed E-state index contributed by atoms with van der Waals surface area (Å²) in [7, 11) is 1.59. The molecule has 2 aromatic heterocycles. The second-order valence-corrected chi connectivity index (χ2v) is 6.47. The van der Waals surface area contributed by atoms with Crippen LogP contribution in [0, 0.1) is 13.8 Å². The number of primary amides is 1. The lowest BCUT2D eigenvalue weighted by Crippen LogP contribution is -2.39. The molecule has 1 amide bonds. The van der Waals surface area contributed by atoms with Crippen LogP contribution in [0.3, 0.4) is 0 Å². The maximum absolute atomic E-state index is 11.5. The molecule has 1 fully saturated rings. The van der Waals surface area contributed by atoms with Gasteiger partial charge in [0.15, 0.2) is 0 Å². The lowest BCUT2D eigenvalue weighted by molar-refractivity contribution is 0.0999. The van der Waals surface area contributed by atoms with E-state index in [9.17, 15) is 4.79 Å². The van der Waals surface area contributed by atoms with Crippen LogP contribution in [0.25, 0.3) is 0 Å². The lowest BCUT2D eigenvalue weighted by Gasteiger charge is -2.34. The molecule has 0 aliphatic carbocycles. The predicted molar refractivity (Wildman–Crippen MR) is 98.9 cm³/mol. The molecule has 138 valence electrons. The Bertz CT molecular complexity index is 784. The van der Waals surface area contributed by atoms with Crippen LogP contribution in [-0.4, -0.2) is 42.2 Å². The maximum Gasteiger partial charge on any atom is 0.250 e. The first-order valence-electron chi connectivity index (χ1n) is 8.67. The van der Waals surface area contributed by atoms with Gasteiger partial charge in [-0.1, -0.05) is 0 Å². The van der Waals surface area contributed by atoms with E-state index in [2.05, 4.69) is 14.9 Å². The van der Waals surface area contributed by atoms with Crippen molar-refractivity contribution in [2.75, 3.05) is 25.1 Å². The minimum Gasteiger partial charge on any atom is -0.489 e. The molecular formula is C19H24N4O3. The van der Waals surface area contributed by atoms with E-state index in [1.807, 2.05) is 26.0 Å². The molecule has 2 N–H and O–H groups in total. The number of hydrogen-bond donors (Lipinski definition) is 1. The molecule has 0 aromatic carbocycles. The third kappa shape index (κ3) is 3.87. The highest BCUT2D eigenvalue weighted by molar-refractivity contribution is 5.94. The number of aromatic nitrogens is 2. The third-order valence-electron chi connectivity index (χ3n) is 4.61. The SMILES string of the molecule is COc1ccc(OC2CCN(c3nc(C)c(C(N)=O)cc3C)CC2)cn1. The number of aryl methyl sites for hydroxylation is 2. The fourth-order valence-electron chi connectivity index (χ4n) is 3.20. The van der Waals surface area contributed by atoms with E-state index in [0.717, 1.165) is 43.1 Å². The number of amides is 1. The summed E-state index contributed by atoms with van der Waals surface area (Å²) in [6.45, 7) is 5.46. The van der Waals surface area contributed by atoms with Crippen LogP contribution in [0.5, 0.6) is 11.6 Å². The number of anilines is 1. The minimum atomic E-state index is -0.440. The number of piperidine rings is 1. The highest BCUT2D eigenvalue weighted by Gasteiger charge is 2.23. The minimum absolute atomic E-state index is 0.146. The van der Waals surface area contributed by atoms with Gasteiger partial charge < -0.3 is 20.1 Å². The van der Waals surface area contributed by atoms with Crippen LogP contribution in [0.1, 0.15) is 34.5 Å². The van der Waals surface area contributed by atoms with Gasteiger partial charge in [-0.2, -0.15) is 0 Å². The van der Waals surface area contributed by atoms with E-state index in [0.29, 0.717) is 17.1 Å². The van der Waals surface area contributed by atoms with Crippen LogP contribution in [0.2, 0.25) is 0 Å². The zero-order valence-electron chi connectivity index (χ0n) is 15.4. The van der Waals surface area contributed by atoms with Crippen molar-refractivity contribution < 1.29 is 14.3 Å². The largest absolute Gasteiger partial charge is 0.489 e. The van der Waals surface area contributed by atoms with E-state index in [1.54, 1.807) is 19.4 Å². The zero-order chi connectivity index (χ0) is 18.7. The molecule has 7 nitrogen and oxygen atoms in total. The van der Waals surface area contributed by atoms with Gasteiger partial charge >= 0.3 is 0 Å². The molecule has 0 atom stereocenters. The average molecular weight is 356 g/mol. The van der Waals surface area contributed by atoms with E-state index < -0.39 is 5.91 Å². The number of nitrogens with zero attached hydrogens (tertiary/aromatic N) is 3. The second kappa shape index (κ2) is 7.59. The first-order valence-corrected chi connectivity index (χ1v) is 8.67. The molecule has 0 saturated carbocycles. The normalized spacial score (nSPS) is 15.0. The Balaban J connectivity index is 1.63. The van der Waals surface area contributed by atoms with Crippen molar-refractivity contribution >= 4 is 11.7 Å². The number of nitrogens with two attached hydrogens (primary N) is 1. The van der Waals surface area contributed by atoms with Crippen LogP contribution in [0.4, 0.5) is 5.82 Å². The van der Waals surface area contributed by atoms with Crippen molar-refractivity contribution in [2.24, 2.45) is 5.73 Å². The first kappa shape index (κ1) is 18.0. The van der Waals surface area contributed by atoms with Crippen molar-refractivity contribution in [3.8, 4) is 11.6 Å². The molecule has 0 spiro atoms. The van der Waals surface area contributed by atoms with Gasteiger partial charge in [0.05, 0.1) is 24.6 Å². The third-order valence-corrected chi connectivity index (χ3v) is 4.61. The molecule has 2 aromatic rings. The second-order valence-electron chi connectivity index (χ2n) is 6.47. The highest BCUT2D eigenvalue weighted by Crippen LogP contribution is 2.26. The van der Waals surface area contributed by atoms with Crippen molar-refractivity contribution in [2.45, 2.75) is 32.8 Å². The molecular weight excluding hydrogens is 332 g/mol. The monoisotopic (exact) mass is 356 g/mol. The number of pyridine rings is 2. The average Bonchev–Trinajstić information content (AvgIpc) is 2.64. The van der Waals surface area contributed by atoms with Gasteiger partial charge in [0.25, 0.3) is 5.91 Å². The van der Waals surface area contributed by atoms with Crippen LogP contribution < -0.4 is 20.1 Å². The summed E-state index contributed by atoms with van der Waals surface area (Å²) in [6, 6.07) is 5.49. The summed E-state index contributed by atoms with van der Waals surface area (Å²) in [5.41, 5.74) is 7.51. The van der Waals surface area contributed by atoms with Gasteiger partial charge in [0, 0.05) is 32.0 Å². The summed E-state index contributed by atoms with van der Waals surface area (Å²) in [6.07, 6.45) is 3.61. The number of carbonyl (C=O) groups is 1. The van der Waals surface area contributed by atoms with Crippen molar-refractivity contribution in [1.82, 2.24) is 9.97 Å². The quantitative estimate of drug-likeness (QED) is 0.884. The topological polar surface area (TPSA) is 90.6 Å². The number of ether oxygens (including phenoxy) is 2. The fraction of sp³-hybridized carbons (Fsp3) is 0.421. The maximum atomic E-state index is 11.5. The molecule has 0 unspecified atom stereocenters. The van der Waals surface area contributed by atoms with Crippen molar-refractivity contribution in [3.05, 3.63) is 41.2 Å². The molecule has 3 rings (SSSR count). The Morgan fingerprint density at radius 2 is 2.00 bits per heavy atom. The summed E-state index contributed by atoms with van der Waals surface area (Å²) in [4.78, 5) is 22.5. The Labute approximate surface area is 153 Å². The molecule has 0 bridgehead atoms. The molecule has 7 heteroatoms. The molecule has 26 heavy (non-hydrogen) atoms. The first-order chi connectivity index (χ1) is 12.5. The van der Waals surface area contributed by atoms with Crippen LogP contribution >= 0.6 is 0 Å². The van der Waals surface area contributed by atoms with E-state index in [1.165, 1.54) is 0 Å². The summed E-state index contributed by atoms with van der Waals surface area (Å²) < 4.78 is 11.1. The van der Waals surface area contributed by atoms with E-state index in [-0.39, 0.29) is 6.10 Å². The molecule has 0 radical (unpaired) electrons. The Morgan fingerprint density at radius 3 is 2.58 bits per heavy atom. The van der Waals surface area contributed by atoms with Gasteiger partial charge in [-0.25, -0.2) is 9.97 Å². The van der Waals surface area contributed by atoms with Gasteiger partial charge in [0.2, 0.25) is 5.88 Å². The number of rotatable bonds is 5. The highest BCUT2D eigenvalue weighted by atomic mass is 16.5. The number of hydrogen-bond acceptors (Lipinski definition) is 6. The predicted octanol–water partition coefficient (Wildman–Crippen LogP) is 2.25. The van der Waals surface area contributed by atoms with Gasteiger partial charge in [0.1, 0.15) is 17.7 Å². The fourth-order valence-corrected chi connectivity index (χ4v) is 3.20. The molecule has 1 aliphatic heterocycles. The van der Waals surface area contributed by atoms with Crippen molar-refractivity contribution in [3.63, 3.8) is 0 Å². The smallest absolute Gasteiger partial charge is 0.250 e. The Hall–Kier alpha value is -2.83. The van der Waals surface area contributed by atoms with Gasteiger partial charge in [-0.05, 0) is 31.5 Å². The van der Waals surface area contributed by atoms with Gasteiger partial charge in [-0.15, -0.1) is 0 Å². The van der Waals surface area contributed by atoms with E-state index >= 15 is 0 Å². The van der Waals surface area contributed by atoms with Crippen molar-refractivity contribution in [1.29, 1.82) is 0 Å². The molecule has 1 saturated heterocycles. The van der Waals surface area contributed by atoms with Crippen LogP contribution in [-0.2, 0) is 0 Å². The number of methoxy groups -OCH3 is 1. The van der Waals surface area contributed by atoms with Crippen LogP contribution in [0.15, 0.2) is 24.4 Å². The molecule has 1 aliphatic rings. The molecule has 3 heterocycles. The zero-order valence-corrected chi connectivity index (χ0v) is 15.4. The Morgan fingerprint density at radius 1 is 1.27 bits per heavy atom. The lowest BCUT2D eigenvalue weighted by atomic mass is 10.1. The summed E-state index contributed by atoms with van der Waals surface area (Å²) >= 11 is 0. The Kier molecular flexibility index (Phi) is 5.25. The van der Waals surface area contributed by atoms with Gasteiger partial charge in [-0.3, -0.25) is 4.79 Å². The summed E-state index contributed by atoms with van der Waals surface area (Å²) in [5, 5.41) is 0. The number of carbonyl (C=O) groups excluding carboxylic acids is 1.